The number of nitrogens with zero attached hydrogens (tertiary/aromatic N) is 2. The number of rotatable bonds is 5. The Morgan fingerprint density at radius 1 is 1.03 bits per heavy atom. The zero-order chi connectivity index (χ0) is 21.2. The number of fused-ring (bicyclic) bond motifs is 3. The van der Waals surface area contributed by atoms with Gasteiger partial charge in [0.25, 0.3) is 5.91 Å². The van der Waals surface area contributed by atoms with Gasteiger partial charge >= 0.3 is 0 Å². The Morgan fingerprint density at radius 3 is 2.71 bits per heavy atom. The third-order valence-corrected chi connectivity index (χ3v) is 6.58. The molecule has 2 aromatic heterocycles. The molecule has 31 heavy (non-hydrogen) atoms. The predicted molar refractivity (Wildman–Crippen MR) is 122 cm³/mol. The maximum Gasteiger partial charge on any atom is 0.255 e. The summed E-state index contributed by atoms with van der Waals surface area (Å²) in [6, 6.07) is 14.3. The van der Waals surface area contributed by atoms with Gasteiger partial charge in [-0.2, -0.15) is 0 Å². The van der Waals surface area contributed by atoms with E-state index in [1.165, 1.54) is 23.3 Å². The second kappa shape index (κ2) is 8.35. The highest BCUT2D eigenvalue weighted by Crippen LogP contribution is 2.40. The SMILES string of the molecule is COc1cccc(C(=O)Nc2ccc(Oc3ncnc4sc5c(c34)CCCC5)cc2)c1. The van der Waals surface area contributed by atoms with Crippen molar-refractivity contribution in [1.29, 1.82) is 0 Å². The van der Waals surface area contributed by atoms with Crippen LogP contribution < -0.4 is 14.8 Å². The Kier molecular flexibility index (Phi) is 5.26. The molecule has 2 heterocycles. The molecule has 0 saturated heterocycles. The number of anilines is 1. The van der Waals surface area contributed by atoms with E-state index < -0.39 is 0 Å². The summed E-state index contributed by atoms with van der Waals surface area (Å²) in [5.74, 6) is 1.70. The molecule has 0 unspecified atom stereocenters. The first-order chi connectivity index (χ1) is 15.2. The molecule has 7 heteroatoms. The molecule has 1 amide bonds. The van der Waals surface area contributed by atoms with Crippen LogP contribution >= 0.6 is 11.3 Å². The molecule has 0 spiro atoms. The van der Waals surface area contributed by atoms with Crippen molar-refractivity contribution in [2.24, 2.45) is 0 Å². The van der Waals surface area contributed by atoms with Crippen molar-refractivity contribution >= 4 is 33.1 Å². The van der Waals surface area contributed by atoms with Gasteiger partial charge in [-0.3, -0.25) is 4.79 Å². The van der Waals surface area contributed by atoms with Crippen LogP contribution in [0.3, 0.4) is 0 Å². The molecular weight excluding hydrogens is 410 g/mol. The fourth-order valence-electron chi connectivity index (χ4n) is 3.82. The fourth-order valence-corrected chi connectivity index (χ4v) is 5.04. The van der Waals surface area contributed by atoms with Crippen LogP contribution in [0.4, 0.5) is 5.69 Å². The standard InChI is InChI=1S/C24H21N3O3S/c1-29-18-6-4-5-15(13-18)22(28)27-16-9-11-17(12-10-16)30-23-21-19-7-2-3-8-20(19)31-24(21)26-14-25-23/h4-6,9-14H,2-3,7-8H2,1H3,(H,27,28). The summed E-state index contributed by atoms with van der Waals surface area (Å²) in [4.78, 5) is 23.7. The largest absolute Gasteiger partial charge is 0.497 e. The number of benzene rings is 2. The highest BCUT2D eigenvalue weighted by atomic mass is 32.1. The van der Waals surface area contributed by atoms with Gasteiger partial charge in [-0.1, -0.05) is 6.07 Å². The van der Waals surface area contributed by atoms with Crippen LogP contribution in [0.25, 0.3) is 10.2 Å². The molecular formula is C24H21N3O3S. The molecule has 5 rings (SSSR count). The second-order valence-corrected chi connectivity index (χ2v) is 8.47. The van der Waals surface area contributed by atoms with Gasteiger partial charge in [0.15, 0.2) is 0 Å². The molecule has 1 aliphatic carbocycles. The molecule has 0 saturated carbocycles. The summed E-state index contributed by atoms with van der Waals surface area (Å²) in [6.45, 7) is 0. The van der Waals surface area contributed by atoms with Gasteiger partial charge < -0.3 is 14.8 Å². The number of thiophene rings is 1. The first-order valence-electron chi connectivity index (χ1n) is 10.2. The third-order valence-electron chi connectivity index (χ3n) is 5.38. The first-order valence-corrected chi connectivity index (χ1v) is 11.0. The van der Waals surface area contributed by atoms with E-state index in [1.54, 1.807) is 49.0 Å². The second-order valence-electron chi connectivity index (χ2n) is 7.38. The number of methoxy groups -OCH3 is 1. The quantitative estimate of drug-likeness (QED) is 0.444. The number of nitrogens with one attached hydrogen (secondary N) is 1. The lowest BCUT2D eigenvalue weighted by Gasteiger charge is -2.12. The zero-order valence-electron chi connectivity index (χ0n) is 17.1. The minimum absolute atomic E-state index is 0.199. The first kappa shape index (κ1) is 19.5. The number of carbonyl (C=O) groups is 1. The van der Waals surface area contributed by atoms with Gasteiger partial charge in [-0.25, -0.2) is 9.97 Å². The minimum Gasteiger partial charge on any atom is -0.497 e. The van der Waals surface area contributed by atoms with Crippen LogP contribution in [-0.4, -0.2) is 23.0 Å². The molecule has 0 aliphatic heterocycles. The van der Waals surface area contributed by atoms with Crippen LogP contribution in [0.1, 0.15) is 33.6 Å². The summed E-state index contributed by atoms with van der Waals surface area (Å²) < 4.78 is 11.3. The van der Waals surface area contributed by atoms with E-state index in [0.29, 0.717) is 28.6 Å². The summed E-state index contributed by atoms with van der Waals surface area (Å²) >= 11 is 1.75. The number of aryl methyl sites for hydroxylation is 2. The molecule has 1 aliphatic rings. The van der Waals surface area contributed by atoms with E-state index in [9.17, 15) is 4.79 Å². The molecule has 1 N–H and O–H groups in total. The van der Waals surface area contributed by atoms with Gasteiger partial charge in [0.2, 0.25) is 5.88 Å². The van der Waals surface area contributed by atoms with Crippen LogP contribution in [0.15, 0.2) is 54.9 Å². The number of hydrogen-bond acceptors (Lipinski definition) is 6. The van der Waals surface area contributed by atoms with E-state index in [0.717, 1.165) is 23.1 Å². The number of amides is 1. The lowest BCUT2D eigenvalue weighted by molar-refractivity contribution is 0.102. The predicted octanol–water partition coefficient (Wildman–Crippen LogP) is 5.62. The van der Waals surface area contributed by atoms with E-state index in [4.69, 9.17) is 9.47 Å². The molecule has 0 bridgehead atoms. The van der Waals surface area contributed by atoms with Gasteiger partial charge in [0.1, 0.15) is 22.7 Å². The summed E-state index contributed by atoms with van der Waals surface area (Å²) in [7, 11) is 1.58. The van der Waals surface area contributed by atoms with Gasteiger partial charge in [0.05, 0.1) is 12.5 Å². The number of ether oxygens (including phenoxy) is 2. The van der Waals surface area contributed by atoms with E-state index in [2.05, 4.69) is 15.3 Å². The molecule has 2 aromatic carbocycles. The topological polar surface area (TPSA) is 73.3 Å². The molecule has 156 valence electrons. The highest BCUT2D eigenvalue weighted by Gasteiger charge is 2.21. The van der Waals surface area contributed by atoms with Crippen LogP contribution in [0.2, 0.25) is 0 Å². The maximum atomic E-state index is 12.5. The van der Waals surface area contributed by atoms with Crippen molar-refractivity contribution < 1.29 is 14.3 Å². The molecule has 0 atom stereocenters. The highest BCUT2D eigenvalue weighted by molar-refractivity contribution is 7.18. The van der Waals surface area contributed by atoms with Crippen molar-refractivity contribution in [3.05, 3.63) is 70.9 Å². The van der Waals surface area contributed by atoms with Crippen LogP contribution in [-0.2, 0) is 12.8 Å². The van der Waals surface area contributed by atoms with Gasteiger partial charge in [-0.05, 0) is 73.7 Å². The van der Waals surface area contributed by atoms with E-state index in [1.807, 2.05) is 24.3 Å². The third kappa shape index (κ3) is 3.96. The van der Waals surface area contributed by atoms with Crippen molar-refractivity contribution in [3.8, 4) is 17.4 Å². The molecule has 0 radical (unpaired) electrons. The van der Waals surface area contributed by atoms with Gasteiger partial charge in [0, 0.05) is 16.1 Å². The Labute approximate surface area is 183 Å². The normalized spacial score (nSPS) is 12.9. The van der Waals surface area contributed by atoms with Crippen LogP contribution in [0, 0.1) is 0 Å². The average molecular weight is 432 g/mol. The molecule has 4 aromatic rings. The Hall–Kier alpha value is -3.45. The zero-order valence-corrected chi connectivity index (χ0v) is 17.9. The summed E-state index contributed by atoms with van der Waals surface area (Å²) in [6.07, 6.45) is 6.13. The van der Waals surface area contributed by atoms with Crippen molar-refractivity contribution in [2.45, 2.75) is 25.7 Å². The van der Waals surface area contributed by atoms with Crippen molar-refractivity contribution in [1.82, 2.24) is 9.97 Å². The van der Waals surface area contributed by atoms with Crippen molar-refractivity contribution in [3.63, 3.8) is 0 Å². The Morgan fingerprint density at radius 2 is 1.87 bits per heavy atom. The maximum absolute atomic E-state index is 12.5. The summed E-state index contributed by atoms with van der Waals surface area (Å²) in [5.41, 5.74) is 2.55. The Bertz CT molecular complexity index is 1250. The molecule has 0 fully saturated rings. The summed E-state index contributed by atoms with van der Waals surface area (Å²) in [5, 5.41) is 3.93. The van der Waals surface area contributed by atoms with Crippen molar-refractivity contribution in [2.75, 3.05) is 12.4 Å². The fraction of sp³-hybridized carbons (Fsp3) is 0.208. The van der Waals surface area contributed by atoms with Crippen LogP contribution in [0.5, 0.6) is 17.4 Å². The monoisotopic (exact) mass is 431 g/mol. The smallest absolute Gasteiger partial charge is 0.255 e. The average Bonchev–Trinajstić information content (AvgIpc) is 3.20. The lowest BCUT2D eigenvalue weighted by Crippen LogP contribution is -2.11. The molecule has 6 nitrogen and oxygen atoms in total. The van der Waals surface area contributed by atoms with E-state index >= 15 is 0 Å². The number of carbonyl (C=O) groups excluding carboxylic acids is 1. The Balaban J connectivity index is 1.34. The number of hydrogen-bond donors (Lipinski definition) is 1. The van der Waals surface area contributed by atoms with E-state index in [-0.39, 0.29) is 5.91 Å². The lowest BCUT2D eigenvalue weighted by atomic mass is 9.97. The number of aromatic nitrogens is 2. The van der Waals surface area contributed by atoms with Gasteiger partial charge in [-0.15, -0.1) is 11.3 Å². The minimum atomic E-state index is -0.199.